The summed E-state index contributed by atoms with van der Waals surface area (Å²) in [4.78, 5) is 0. The quantitative estimate of drug-likeness (QED) is 0.0953. The molecule has 0 fully saturated rings. The fraction of sp³-hybridized carbons (Fsp3) is 0.444. The average molecular weight is 1280 g/mol. The van der Waals surface area contributed by atoms with Crippen molar-refractivity contribution < 1.29 is 50.5 Å². The number of hydrogen-bond acceptors (Lipinski definition) is 12. The molecule has 74 heavy (non-hydrogen) atoms. The third kappa shape index (κ3) is 38.3. The standard InChI is InChI=1S/C17H20O4S2.C10H14O4S2.2C7H7Br.C3H8O4S2.5C2H6/c1-22(18,19)17(23(2,20)21,13-15-9-5-3-6-10-15)14-16-11-7-4-8-12-16;1-15(11,12)10(16(2,13)14)8-9-6-4-3-5-7-9;2*8-6-7-4-2-1-3-5-7;1-8(4,5)3-9(2,6)7;5*1-2/h3-12H,13-14H2,1-2H3;3-7,10H,8H2,1-2H3;2*1-5H,6H2;3H2,1-2H3;5*1-2H3. The second-order valence-corrected chi connectivity index (χ2v) is 30.2. The van der Waals surface area contributed by atoms with Crippen molar-refractivity contribution >= 4 is 90.9 Å². The minimum absolute atomic E-state index is 0.00148. The minimum Gasteiger partial charge on any atom is -0.228 e. The summed E-state index contributed by atoms with van der Waals surface area (Å²) in [5.74, 6) is 0. The highest BCUT2D eigenvalue weighted by Gasteiger charge is 2.50. The van der Waals surface area contributed by atoms with Gasteiger partial charge in [-0.1, -0.05) is 253 Å². The Morgan fingerprint density at radius 1 is 0.338 bits per heavy atom. The van der Waals surface area contributed by atoms with Crippen molar-refractivity contribution in [1.82, 2.24) is 0 Å². The van der Waals surface area contributed by atoms with Crippen molar-refractivity contribution in [1.29, 1.82) is 0 Å². The summed E-state index contributed by atoms with van der Waals surface area (Å²) in [7, 11) is -21.7. The van der Waals surface area contributed by atoms with E-state index in [0.717, 1.165) is 48.2 Å². The normalized spacial score (nSPS) is 10.9. The molecule has 424 valence electrons. The molecule has 0 N–H and O–H groups in total. The molecule has 0 amide bonds. The first-order chi connectivity index (χ1) is 34.4. The molecule has 0 saturated carbocycles. The van der Waals surface area contributed by atoms with Gasteiger partial charge in [-0.05, 0) is 27.8 Å². The Morgan fingerprint density at radius 3 is 0.689 bits per heavy atom. The van der Waals surface area contributed by atoms with Crippen LogP contribution in [0, 0.1) is 0 Å². The van der Waals surface area contributed by atoms with E-state index in [4.69, 9.17) is 0 Å². The van der Waals surface area contributed by atoms with Crippen LogP contribution in [-0.4, -0.2) is 102 Å². The van der Waals surface area contributed by atoms with Crippen molar-refractivity contribution in [2.24, 2.45) is 0 Å². The van der Waals surface area contributed by atoms with E-state index in [0.29, 0.717) is 16.7 Å². The van der Waals surface area contributed by atoms with Crippen LogP contribution in [0.15, 0.2) is 152 Å². The van der Waals surface area contributed by atoms with Gasteiger partial charge in [0.15, 0.2) is 72.8 Å². The summed E-state index contributed by atoms with van der Waals surface area (Å²) in [5.41, 5.74) is 4.71. The topological polar surface area (TPSA) is 205 Å². The van der Waals surface area contributed by atoms with Gasteiger partial charge in [-0.25, -0.2) is 50.5 Å². The van der Waals surface area contributed by atoms with E-state index in [1.807, 2.05) is 118 Å². The zero-order chi connectivity index (χ0) is 58.9. The lowest BCUT2D eigenvalue weighted by Crippen LogP contribution is -2.49. The number of rotatable bonds is 14. The van der Waals surface area contributed by atoms with Gasteiger partial charge in [-0.3, -0.25) is 0 Å². The van der Waals surface area contributed by atoms with Gasteiger partial charge >= 0.3 is 0 Å². The molecule has 0 aliphatic carbocycles. The van der Waals surface area contributed by atoms with E-state index in [1.54, 1.807) is 78.9 Å². The predicted molar refractivity (Wildman–Crippen MR) is 326 cm³/mol. The zero-order valence-corrected chi connectivity index (χ0v) is 54.4. The molecule has 12 nitrogen and oxygen atoms in total. The second kappa shape index (κ2) is 42.8. The lowest BCUT2D eigenvalue weighted by molar-refractivity contribution is 0.539. The van der Waals surface area contributed by atoms with Gasteiger partial charge in [0, 0.05) is 67.5 Å². The largest absolute Gasteiger partial charge is 0.228 e. The molecular formula is C54H86Br2O12S6. The molecule has 5 aromatic rings. The molecule has 0 aliphatic heterocycles. The second-order valence-electron chi connectivity index (χ2n) is 14.8. The Labute approximate surface area is 467 Å². The summed E-state index contributed by atoms with van der Waals surface area (Å²) < 4.78 is 134. The van der Waals surface area contributed by atoms with Crippen LogP contribution in [0.1, 0.15) is 97.1 Å². The zero-order valence-electron chi connectivity index (χ0n) is 46.4. The number of benzene rings is 5. The van der Waals surface area contributed by atoms with Crippen LogP contribution in [0.4, 0.5) is 0 Å². The SMILES string of the molecule is BrCc1ccccc1.BrCc1ccccc1.CC.CC.CC.CC.CC.CS(=O)(=O)C(Cc1ccccc1)(Cc1ccccc1)S(C)(=O)=O.CS(=O)(=O)C(Cc1ccccc1)S(C)(=O)=O.CS(=O)(=O)CS(C)(=O)=O. The van der Waals surface area contributed by atoms with Gasteiger partial charge in [-0.2, -0.15) is 0 Å². The van der Waals surface area contributed by atoms with Crippen molar-refractivity contribution in [2.45, 2.75) is 108 Å². The molecule has 0 unspecified atom stereocenters. The van der Waals surface area contributed by atoms with Crippen LogP contribution in [0.3, 0.4) is 0 Å². The molecule has 0 aliphatic rings. The highest BCUT2D eigenvalue weighted by atomic mass is 79.9. The Kier molecular flexibility index (Phi) is 46.1. The van der Waals surface area contributed by atoms with Crippen LogP contribution < -0.4 is 0 Å². The average Bonchev–Trinajstić information content (AvgIpc) is 3.36. The summed E-state index contributed by atoms with van der Waals surface area (Å²) in [6.07, 6.45) is 5.52. The molecule has 0 saturated heterocycles. The van der Waals surface area contributed by atoms with Crippen LogP contribution >= 0.6 is 31.9 Å². The molecule has 5 aromatic carbocycles. The monoisotopic (exact) mass is 1280 g/mol. The van der Waals surface area contributed by atoms with E-state index >= 15 is 0 Å². The molecule has 0 bridgehead atoms. The fourth-order valence-corrected chi connectivity index (χ4v) is 16.9. The van der Waals surface area contributed by atoms with Crippen molar-refractivity contribution in [3.63, 3.8) is 0 Å². The van der Waals surface area contributed by atoms with Crippen LogP contribution in [0.25, 0.3) is 0 Å². The van der Waals surface area contributed by atoms with E-state index in [2.05, 4.69) is 56.1 Å². The molecule has 0 radical (unpaired) electrons. The maximum atomic E-state index is 12.5. The van der Waals surface area contributed by atoms with Crippen LogP contribution in [-0.2, 0) is 88.9 Å². The van der Waals surface area contributed by atoms with E-state index in [9.17, 15) is 50.5 Å². The minimum atomic E-state index is -3.87. The van der Waals surface area contributed by atoms with Crippen LogP contribution in [0.5, 0.6) is 0 Å². The lowest BCUT2D eigenvalue weighted by atomic mass is 10.0. The van der Waals surface area contributed by atoms with Gasteiger partial charge in [-0.15, -0.1) is 0 Å². The van der Waals surface area contributed by atoms with Gasteiger partial charge in [0.1, 0.15) is 0 Å². The Morgan fingerprint density at radius 2 is 0.541 bits per heavy atom. The third-order valence-corrected chi connectivity index (χ3v) is 22.8. The first-order valence-corrected chi connectivity index (χ1v) is 37.9. The van der Waals surface area contributed by atoms with Gasteiger partial charge in [0.25, 0.3) is 0 Å². The van der Waals surface area contributed by atoms with E-state index < -0.39 is 72.8 Å². The molecule has 0 aromatic heterocycles. The summed E-state index contributed by atoms with van der Waals surface area (Å²) in [5, 5.41) is 1.14. The highest BCUT2D eigenvalue weighted by molar-refractivity contribution is 9.08. The predicted octanol–water partition coefficient (Wildman–Crippen LogP) is 12.2. The van der Waals surface area contributed by atoms with E-state index in [1.165, 1.54) is 11.1 Å². The molecule has 5 rings (SSSR count). The van der Waals surface area contributed by atoms with Gasteiger partial charge < -0.3 is 0 Å². The van der Waals surface area contributed by atoms with Gasteiger partial charge in [0.2, 0.25) is 0 Å². The first kappa shape index (κ1) is 79.6. The van der Waals surface area contributed by atoms with Crippen LogP contribution in [0.2, 0.25) is 0 Å². The molecule has 0 atom stereocenters. The molecule has 0 spiro atoms. The Hall–Kier alpha value is -3.24. The fourth-order valence-electron chi connectivity index (χ4n) is 5.63. The molecule has 0 heterocycles. The van der Waals surface area contributed by atoms with Crippen molar-refractivity contribution in [2.75, 3.05) is 42.6 Å². The van der Waals surface area contributed by atoms with Crippen molar-refractivity contribution in [3.05, 3.63) is 179 Å². The molecule has 20 heteroatoms. The summed E-state index contributed by atoms with van der Waals surface area (Å²) in [6.45, 7) is 20.0. The maximum absolute atomic E-state index is 12.5. The highest BCUT2D eigenvalue weighted by Crippen LogP contribution is 2.32. The molecular weight excluding hydrogens is 1190 g/mol. The third-order valence-electron chi connectivity index (χ3n) is 8.61. The Bertz CT molecular complexity index is 2640. The van der Waals surface area contributed by atoms with Crippen molar-refractivity contribution in [3.8, 4) is 0 Å². The maximum Gasteiger partial charge on any atom is 0.180 e. The number of halogens is 2. The number of hydrogen-bond donors (Lipinski definition) is 0. The Balaban J connectivity index is -0.000000272. The van der Waals surface area contributed by atoms with Gasteiger partial charge in [0.05, 0.1) is 0 Å². The smallest absolute Gasteiger partial charge is 0.180 e. The number of sulfone groups is 6. The lowest BCUT2D eigenvalue weighted by Gasteiger charge is -2.30. The first-order valence-electron chi connectivity index (χ1n) is 23.9. The van der Waals surface area contributed by atoms with E-state index in [-0.39, 0.29) is 19.3 Å². The summed E-state index contributed by atoms with van der Waals surface area (Å²) in [6, 6.07) is 47.0. The summed E-state index contributed by atoms with van der Waals surface area (Å²) >= 11 is 6.71. The number of alkyl halides is 2.